The van der Waals surface area contributed by atoms with Crippen molar-refractivity contribution in [3.05, 3.63) is 69.6 Å². The lowest BCUT2D eigenvalue weighted by Crippen LogP contribution is -2.01. The van der Waals surface area contributed by atoms with Gasteiger partial charge >= 0.3 is 5.63 Å². The van der Waals surface area contributed by atoms with Crippen LogP contribution in [0.25, 0.3) is 11.0 Å². The summed E-state index contributed by atoms with van der Waals surface area (Å²) in [6, 6.07) is 13.0. The topological polar surface area (TPSA) is 48.7 Å². The van der Waals surface area contributed by atoms with Crippen LogP contribution in [0.2, 0.25) is 0 Å². The maximum Gasteiger partial charge on any atom is 0.336 e. The molecule has 0 N–H and O–H groups in total. The quantitative estimate of drug-likeness (QED) is 0.683. The first-order chi connectivity index (χ1) is 11.1. The summed E-state index contributed by atoms with van der Waals surface area (Å²) in [4.78, 5) is 11.6. The third kappa shape index (κ3) is 3.06. The summed E-state index contributed by atoms with van der Waals surface area (Å²) in [5, 5.41) is 0.927. The number of benzene rings is 2. The molecule has 1 heterocycles. The van der Waals surface area contributed by atoms with Crippen LogP contribution < -0.4 is 15.1 Å². The first-order valence-electron chi connectivity index (χ1n) is 7.38. The molecule has 3 rings (SSSR count). The molecule has 0 unspecified atom stereocenters. The Kier molecular flexibility index (Phi) is 4.06. The number of fused-ring (bicyclic) bond motifs is 1. The van der Waals surface area contributed by atoms with Crippen molar-refractivity contribution in [1.82, 2.24) is 0 Å². The normalized spacial score (nSPS) is 10.7. The molecule has 4 nitrogen and oxygen atoms in total. The van der Waals surface area contributed by atoms with E-state index in [1.807, 2.05) is 50.2 Å². The number of hydrogen-bond donors (Lipinski definition) is 0. The van der Waals surface area contributed by atoms with Crippen LogP contribution in [0, 0.1) is 13.8 Å². The standard InChI is InChI=1S/C19H18O4/c1-12-9-18(20)23-19-13(2)17(8-7-16(12)19)22-11-14-5-4-6-15(10-14)21-3/h4-10H,11H2,1-3H3. The van der Waals surface area contributed by atoms with Crippen LogP contribution in [-0.4, -0.2) is 7.11 Å². The number of hydrogen-bond acceptors (Lipinski definition) is 4. The van der Waals surface area contributed by atoms with Gasteiger partial charge in [0.05, 0.1) is 7.11 Å². The Hall–Kier alpha value is -2.75. The molecule has 0 aliphatic carbocycles. The molecule has 0 aliphatic heterocycles. The Morgan fingerprint density at radius 3 is 2.70 bits per heavy atom. The van der Waals surface area contributed by atoms with Crippen molar-refractivity contribution in [2.45, 2.75) is 20.5 Å². The smallest absolute Gasteiger partial charge is 0.336 e. The van der Waals surface area contributed by atoms with Gasteiger partial charge in [-0.15, -0.1) is 0 Å². The minimum Gasteiger partial charge on any atom is -0.497 e. The molecule has 0 amide bonds. The van der Waals surface area contributed by atoms with E-state index in [1.54, 1.807) is 7.11 Å². The molecule has 0 saturated carbocycles. The summed E-state index contributed by atoms with van der Waals surface area (Å²) >= 11 is 0. The average Bonchev–Trinajstić information content (AvgIpc) is 2.55. The Morgan fingerprint density at radius 1 is 1.09 bits per heavy atom. The van der Waals surface area contributed by atoms with Crippen LogP contribution in [0.3, 0.4) is 0 Å². The molecule has 0 aliphatic rings. The minimum absolute atomic E-state index is 0.344. The van der Waals surface area contributed by atoms with E-state index >= 15 is 0 Å². The highest BCUT2D eigenvalue weighted by Gasteiger charge is 2.10. The lowest BCUT2D eigenvalue weighted by Gasteiger charge is -2.12. The predicted octanol–water partition coefficient (Wildman–Crippen LogP) is 4.00. The van der Waals surface area contributed by atoms with Gasteiger partial charge in [0.25, 0.3) is 0 Å². The van der Waals surface area contributed by atoms with Crippen molar-refractivity contribution >= 4 is 11.0 Å². The van der Waals surface area contributed by atoms with E-state index in [9.17, 15) is 4.79 Å². The predicted molar refractivity (Wildman–Crippen MR) is 89.3 cm³/mol. The zero-order valence-electron chi connectivity index (χ0n) is 13.4. The third-order valence-electron chi connectivity index (χ3n) is 3.85. The van der Waals surface area contributed by atoms with E-state index in [4.69, 9.17) is 13.9 Å². The maximum absolute atomic E-state index is 11.6. The van der Waals surface area contributed by atoms with Crippen molar-refractivity contribution in [3.63, 3.8) is 0 Å². The molecule has 23 heavy (non-hydrogen) atoms. The van der Waals surface area contributed by atoms with Gasteiger partial charge in [-0.25, -0.2) is 4.79 Å². The van der Waals surface area contributed by atoms with Crippen molar-refractivity contribution in [2.24, 2.45) is 0 Å². The molecular formula is C19H18O4. The van der Waals surface area contributed by atoms with E-state index in [2.05, 4.69) is 0 Å². The van der Waals surface area contributed by atoms with Crippen LogP contribution in [-0.2, 0) is 6.61 Å². The van der Waals surface area contributed by atoms with Gasteiger partial charge in [-0.05, 0) is 49.2 Å². The van der Waals surface area contributed by atoms with Crippen LogP contribution in [0.15, 0.2) is 51.7 Å². The molecule has 2 aromatic carbocycles. The van der Waals surface area contributed by atoms with Gasteiger partial charge in [0.2, 0.25) is 0 Å². The molecular weight excluding hydrogens is 292 g/mol. The zero-order chi connectivity index (χ0) is 16.4. The Labute approximate surface area is 134 Å². The molecule has 0 bridgehead atoms. The van der Waals surface area contributed by atoms with E-state index in [0.29, 0.717) is 17.9 Å². The minimum atomic E-state index is -0.344. The largest absolute Gasteiger partial charge is 0.497 e. The number of rotatable bonds is 4. The summed E-state index contributed by atoms with van der Waals surface area (Å²) in [5.74, 6) is 1.50. The van der Waals surface area contributed by atoms with Gasteiger partial charge in [0.1, 0.15) is 23.7 Å². The second-order valence-corrected chi connectivity index (χ2v) is 5.45. The number of ether oxygens (including phenoxy) is 2. The van der Waals surface area contributed by atoms with Gasteiger partial charge in [0.15, 0.2) is 0 Å². The van der Waals surface area contributed by atoms with Gasteiger partial charge < -0.3 is 13.9 Å². The third-order valence-corrected chi connectivity index (χ3v) is 3.85. The Morgan fingerprint density at radius 2 is 1.91 bits per heavy atom. The number of aryl methyl sites for hydroxylation is 2. The molecule has 1 aromatic heterocycles. The first kappa shape index (κ1) is 15.2. The fourth-order valence-corrected chi connectivity index (χ4v) is 2.58. The lowest BCUT2D eigenvalue weighted by atomic mass is 10.1. The van der Waals surface area contributed by atoms with Crippen molar-refractivity contribution in [3.8, 4) is 11.5 Å². The molecule has 0 fully saturated rings. The molecule has 0 spiro atoms. The summed E-state index contributed by atoms with van der Waals surface area (Å²) in [5.41, 5.74) is 2.97. The second-order valence-electron chi connectivity index (χ2n) is 5.45. The lowest BCUT2D eigenvalue weighted by molar-refractivity contribution is 0.303. The summed E-state index contributed by atoms with van der Waals surface area (Å²) in [7, 11) is 1.64. The van der Waals surface area contributed by atoms with Gasteiger partial charge in [-0.1, -0.05) is 12.1 Å². The molecule has 0 atom stereocenters. The zero-order valence-corrected chi connectivity index (χ0v) is 13.4. The molecule has 3 aromatic rings. The van der Waals surface area contributed by atoms with E-state index in [1.165, 1.54) is 6.07 Å². The fourth-order valence-electron chi connectivity index (χ4n) is 2.58. The Bertz CT molecular complexity index is 909. The average molecular weight is 310 g/mol. The SMILES string of the molecule is COc1cccc(COc2ccc3c(C)cc(=O)oc3c2C)c1. The van der Waals surface area contributed by atoms with Crippen molar-refractivity contribution < 1.29 is 13.9 Å². The van der Waals surface area contributed by atoms with Gasteiger partial charge in [0, 0.05) is 17.0 Å². The second kappa shape index (κ2) is 6.16. The highest BCUT2D eigenvalue weighted by molar-refractivity contribution is 5.84. The van der Waals surface area contributed by atoms with Crippen LogP contribution in [0.5, 0.6) is 11.5 Å². The van der Waals surface area contributed by atoms with Crippen LogP contribution >= 0.6 is 0 Å². The first-order valence-corrected chi connectivity index (χ1v) is 7.38. The van der Waals surface area contributed by atoms with E-state index in [0.717, 1.165) is 27.8 Å². The van der Waals surface area contributed by atoms with E-state index in [-0.39, 0.29) is 5.63 Å². The molecule has 4 heteroatoms. The van der Waals surface area contributed by atoms with Gasteiger partial charge in [-0.3, -0.25) is 0 Å². The summed E-state index contributed by atoms with van der Waals surface area (Å²) < 4.78 is 16.4. The van der Waals surface area contributed by atoms with Crippen molar-refractivity contribution in [1.29, 1.82) is 0 Å². The highest BCUT2D eigenvalue weighted by atomic mass is 16.5. The van der Waals surface area contributed by atoms with Crippen molar-refractivity contribution in [2.75, 3.05) is 7.11 Å². The van der Waals surface area contributed by atoms with Gasteiger partial charge in [-0.2, -0.15) is 0 Å². The molecule has 118 valence electrons. The monoisotopic (exact) mass is 310 g/mol. The van der Waals surface area contributed by atoms with Crippen LogP contribution in [0.1, 0.15) is 16.7 Å². The maximum atomic E-state index is 11.6. The molecule has 0 saturated heterocycles. The summed E-state index contributed by atoms with van der Waals surface area (Å²) in [6.45, 7) is 4.21. The molecule has 0 radical (unpaired) electrons. The van der Waals surface area contributed by atoms with Crippen LogP contribution in [0.4, 0.5) is 0 Å². The highest BCUT2D eigenvalue weighted by Crippen LogP contribution is 2.28. The fraction of sp³-hybridized carbons (Fsp3) is 0.211. The number of methoxy groups -OCH3 is 1. The van der Waals surface area contributed by atoms with E-state index < -0.39 is 0 Å². The summed E-state index contributed by atoms with van der Waals surface area (Å²) in [6.07, 6.45) is 0. The Balaban J connectivity index is 1.91.